The number of aliphatic hydroxyl groups excluding tert-OH is 1. The van der Waals surface area contributed by atoms with Gasteiger partial charge in [-0.1, -0.05) is 0 Å². The van der Waals surface area contributed by atoms with Crippen molar-refractivity contribution in [3.8, 4) is 0 Å². The predicted octanol–water partition coefficient (Wildman–Crippen LogP) is 0.770. The van der Waals surface area contributed by atoms with Gasteiger partial charge in [-0.2, -0.15) is 0 Å². The van der Waals surface area contributed by atoms with Crippen molar-refractivity contribution in [2.45, 2.75) is 45.4 Å². The first-order valence-corrected chi connectivity index (χ1v) is 4.36. The Balaban J connectivity index is 3.92. The van der Waals surface area contributed by atoms with Crippen molar-refractivity contribution in [2.75, 3.05) is 13.7 Å². The highest BCUT2D eigenvalue weighted by atomic mass is 16.5. The first-order valence-electron chi connectivity index (χ1n) is 4.36. The molecule has 0 aliphatic carbocycles. The Kier molecular flexibility index (Phi) is 4.75. The number of ether oxygens (including phenoxy) is 1. The maximum Gasteiger partial charge on any atom is 0.0729 e. The van der Waals surface area contributed by atoms with Crippen LogP contribution in [0.4, 0.5) is 0 Å². The van der Waals surface area contributed by atoms with Crippen LogP contribution in [0.15, 0.2) is 0 Å². The fraction of sp³-hybridized carbons (Fsp3) is 1.00. The van der Waals surface area contributed by atoms with Crippen LogP contribution in [0.5, 0.6) is 0 Å². The summed E-state index contributed by atoms with van der Waals surface area (Å²) in [5.74, 6) is 0. The second kappa shape index (κ2) is 4.80. The van der Waals surface area contributed by atoms with Gasteiger partial charge in [0.25, 0.3) is 0 Å². The molecular weight excluding hydrogens is 154 g/mol. The molecule has 12 heavy (non-hydrogen) atoms. The number of hydrogen-bond donors (Lipinski definition) is 2. The van der Waals surface area contributed by atoms with Crippen molar-refractivity contribution < 1.29 is 9.84 Å². The molecule has 3 heteroatoms. The lowest BCUT2D eigenvalue weighted by molar-refractivity contribution is -0.0716. The van der Waals surface area contributed by atoms with Crippen LogP contribution in [-0.2, 0) is 4.74 Å². The minimum absolute atomic E-state index is 0.0178. The summed E-state index contributed by atoms with van der Waals surface area (Å²) in [5.41, 5.74) is -0.149. The molecule has 0 aliphatic heterocycles. The zero-order valence-electron chi connectivity index (χ0n) is 8.72. The summed E-state index contributed by atoms with van der Waals surface area (Å²) in [4.78, 5) is 0. The molecule has 0 radical (unpaired) electrons. The topological polar surface area (TPSA) is 41.5 Å². The minimum Gasteiger partial charge on any atom is -0.395 e. The van der Waals surface area contributed by atoms with Gasteiger partial charge in [0, 0.05) is 0 Å². The van der Waals surface area contributed by atoms with Gasteiger partial charge in [0.1, 0.15) is 0 Å². The predicted molar refractivity (Wildman–Crippen MR) is 50.2 cm³/mol. The van der Waals surface area contributed by atoms with E-state index in [4.69, 9.17) is 9.84 Å². The SMILES string of the molecule is CN[C@H](CO)[C@@H](C)OC(C)(C)C. The molecule has 2 N–H and O–H groups in total. The molecule has 0 aliphatic rings. The Morgan fingerprint density at radius 3 is 2.17 bits per heavy atom. The van der Waals surface area contributed by atoms with Crippen molar-refractivity contribution >= 4 is 0 Å². The summed E-state index contributed by atoms with van der Waals surface area (Å²) in [7, 11) is 1.82. The minimum atomic E-state index is -0.149. The van der Waals surface area contributed by atoms with E-state index < -0.39 is 0 Å². The van der Waals surface area contributed by atoms with Crippen LogP contribution in [0.1, 0.15) is 27.7 Å². The standard InChI is InChI=1S/C9H21NO2/c1-7(8(6-11)10-5)12-9(2,3)4/h7-8,10-11H,6H2,1-5H3/t7-,8-/m1/s1. The van der Waals surface area contributed by atoms with E-state index >= 15 is 0 Å². The third-order valence-electron chi connectivity index (χ3n) is 1.67. The molecule has 2 atom stereocenters. The van der Waals surface area contributed by atoms with Gasteiger partial charge in [-0.15, -0.1) is 0 Å². The molecule has 0 unspecified atom stereocenters. The van der Waals surface area contributed by atoms with Crippen LogP contribution >= 0.6 is 0 Å². The van der Waals surface area contributed by atoms with E-state index in [2.05, 4.69) is 5.32 Å². The molecule has 0 amide bonds. The van der Waals surface area contributed by atoms with Crippen molar-refractivity contribution in [2.24, 2.45) is 0 Å². The van der Waals surface area contributed by atoms with Gasteiger partial charge in [-0.3, -0.25) is 0 Å². The normalized spacial score (nSPS) is 17.5. The number of hydrogen-bond acceptors (Lipinski definition) is 3. The fourth-order valence-electron chi connectivity index (χ4n) is 1.11. The van der Waals surface area contributed by atoms with E-state index in [9.17, 15) is 0 Å². The quantitative estimate of drug-likeness (QED) is 0.663. The van der Waals surface area contributed by atoms with Crippen LogP contribution in [0.25, 0.3) is 0 Å². The van der Waals surface area contributed by atoms with Gasteiger partial charge in [0.15, 0.2) is 0 Å². The highest BCUT2D eigenvalue weighted by Crippen LogP contribution is 2.12. The highest BCUT2D eigenvalue weighted by molar-refractivity contribution is 4.74. The Labute approximate surface area is 75.1 Å². The van der Waals surface area contributed by atoms with Gasteiger partial charge in [-0.05, 0) is 34.7 Å². The largest absolute Gasteiger partial charge is 0.395 e. The lowest BCUT2D eigenvalue weighted by Gasteiger charge is -2.29. The number of nitrogens with one attached hydrogen (secondary N) is 1. The summed E-state index contributed by atoms with van der Waals surface area (Å²) in [5, 5.41) is 11.9. The first kappa shape index (κ1) is 11.9. The van der Waals surface area contributed by atoms with Crippen LogP contribution in [0, 0.1) is 0 Å². The van der Waals surface area contributed by atoms with Crippen molar-refractivity contribution in [1.82, 2.24) is 5.32 Å². The van der Waals surface area contributed by atoms with E-state index in [0.29, 0.717) is 0 Å². The lowest BCUT2D eigenvalue weighted by atomic mass is 10.1. The maximum atomic E-state index is 8.95. The van der Waals surface area contributed by atoms with Crippen molar-refractivity contribution in [3.63, 3.8) is 0 Å². The number of rotatable bonds is 4. The van der Waals surface area contributed by atoms with E-state index in [1.54, 1.807) is 0 Å². The van der Waals surface area contributed by atoms with Crippen LogP contribution in [-0.4, -0.2) is 36.5 Å². The fourth-order valence-corrected chi connectivity index (χ4v) is 1.11. The van der Waals surface area contributed by atoms with Gasteiger partial charge in [-0.25, -0.2) is 0 Å². The average molecular weight is 175 g/mol. The Morgan fingerprint density at radius 1 is 1.42 bits per heavy atom. The zero-order valence-corrected chi connectivity index (χ0v) is 8.72. The third kappa shape index (κ3) is 4.70. The zero-order chi connectivity index (χ0) is 9.78. The smallest absolute Gasteiger partial charge is 0.0729 e. The van der Waals surface area contributed by atoms with E-state index in [0.717, 1.165) is 0 Å². The summed E-state index contributed by atoms with van der Waals surface area (Å²) >= 11 is 0. The van der Waals surface area contributed by atoms with Gasteiger partial charge in [0.2, 0.25) is 0 Å². The number of aliphatic hydroxyl groups is 1. The van der Waals surface area contributed by atoms with Gasteiger partial charge < -0.3 is 15.2 Å². The number of likely N-dealkylation sites (N-methyl/N-ethyl adjacent to an activating group) is 1. The van der Waals surface area contributed by atoms with Crippen molar-refractivity contribution in [1.29, 1.82) is 0 Å². The molecule has 0 saturated heterocycles. The van der Waals surface area contributed by atoms with Gasteiger partial charge >= 0.3 is 0 Å². The van der Waals surface area contributed by atoms with Crippen LogP contribution in [0.2, 0.25) is 0 Å². The molecule has 74 valence electrons. The molecule has 0 rings (SSSR count). The van der Waals surface area contributed by atoms with E-state index in [1.165, 1.54) is 0 Å². The summed E-state index contributed by atoms with van der Waals surface area (Å²) < 4.78 is 5.66. The van der Waals surface area contributed by atoms with Gasteiger partial charge in [0.05, 0.1) is 24.4 Å². The highest BCUT2D eigenvalue weighted by Gasteiger charge is 2.21. The van der Waals surface area contributed by atoms with E-state index in [1.807, 2.05) is 34.7 Å². The molecule has 0 spiro atoms. The summed E-state index contributed by atoms with van der Waals surface area (Å²) in [6, 6.07) is 0.0178. The molecule has 0 saturated carbocycles. The Hall–Kier alpha value is -0.120. The average Bonchev–Trinajstić information content (AvgIpc) is 1.85. The monoisotopic (exact) mass is 175 g/mol. The lowest BCUT2D eigenvalue weighted by Crippen LogP contribution is -2.43. The molecule has 3 nitrogen and oxygen atoms in total. The maximum absolute atomic E-state index is 8.95. The second-order valence-electron chi connectivity index (χ2n) is 4.01. The van der Waals surface area contributed by atoms with Crippen LogP contribution in [0.3, 0.4) is 0 Å². The molecule has 0 aromatic rings. The Bertz CT molecular complexity index is 116. The molecule has 0 aromatic carbocycles. The second-order valence-corrected chi connectivity index (χ2v) is 4.01. The third-order valence-corrected chi connectivity index (χ3v) is 1.67. The van der Waals surface area contributed by atoms with E-state index in [-0.39, 0.29) is 24.4 Å². The summed E-state index contributed by atoms with van der Waals surface area (Å²) in [6.45, 7) is 8.09. The summed E-state index contributed by atoms with van der Waals surface area (Å²) in [6.07, 6.45) is 0.0278. The molecule has 0 bridgehead atoms. The van der Waals surface area contributed by atoms with Crippen LogP contribution < -0.4 is 5.32 Å². The molecular formula is C9H21NO2. The van der Waals surface area contributed by atoms with Crippen molar-refractivity contribution in [3.05, 3.63) is 0 Å². The Morgan fingerprint density at radius 2 is 1.92 bits per heavy atom. The molecule has 0 aromatic heterocycles. The molecule has 0 fully saturated rings. The first-order chi connectivity index (χ1) is 5.40. The molecule has 0 heterocycles.